The van der Waals surface area contributed by atoms with Crippen LogP contribution in [0.25, 0.3) is 22.6 Å². The van der Waals surface area contributed by atoms with Crippen molar-refractivity contribution in [3.63, 3.8) is 0 Å². The number of hydrogen-bond donors (Lipinski definition) is 2. The van der Waals surface area contributed by atoms with Gasteiger partial charge in [0.05, 0.1) is 14.2 Å². The van der Waals surface area contributed by atoms with Gasteiger partial charge in [0.15, 0.2) is 11.5 Å². The Kier molecular flexibility index (Phi) is 4.80. The Morgan fingerprint density at radius 2 is 1.89 bits per heavy atom. The van der Waals surface area contributed by atoms with E-state index in [4.69, 9.17) is 9.47 Å². The van der Waals surface area contributed by atoms with Crippen molar-refractivity contribution in [2.75, 3.05) is 19.5 Å². The summed E-state index contributed by atoms with van der Waals surface area (Å²) < 4.78 is 10.7. The predicted molar refractivity (Wildman–Crippen MR) is 109 cm³/mol. The van der Waals surface area contributed by atoms with E-state index in [2.05, 4.69) is 38.2 Å². The number of methoxy groups -OCH3 is 2. The Morgan fingerprint density at radius 3 is 2.68 bits per heavy atom. The summed E-state index contributed by atoms with van der Waals surface area (Å²) >= 11 is 0. The fraction of sp³-hybridized carbons (Fsp3) is 0.190. The molecule has 2 aromatic carbocycles. The summed E-state index contributed by atoms with van der Waals surface area (Å²) in [4.78, 5) is 16.7. The number of anilines is 1. The van der Waals surface area contributed by atoms with Crippen molar-refractivity contribution in [1.82, 2.24) is 19.9 Å². The largest absolute Gasteiger partial charge is 0.497 e. The van der Waals surface area contributed by atoms with Gasteiger partial charge in [0.1, 0.15) is 29.2 Å². The van der Waals surface area contributed by atoms with Gasteiger partial charge in [-0.15, -0.1) is 0 Å². The molecule has 0 bridgehead atoms. The highest BCUT2D eigenvalue weighted by Crippen LogP contribution is 2.27. The van der Waals surface area contributed by atoms with Gasteiger partial charge < -0.3 is 19.8 Å². The van der Waals surface area contributed by atoms with Crippen LogP contribution in [0.4, 0.5) is 5.82 Å². The third-order valence-electron chi connectivity index (χ3n) is 4.63. The second-order valence-corrected chi connectivity index (χ2v) is 6.35. The molecule has 0 unspecified atom stereocenters. The maximum Gasteiger partial charge on any atom is 0.183 e. The van der Waals surface area contributed by atoms with Gasteiger partial charge in [0.2, 0.25) is 0 Å². The Labute approximate surface area is 162 Å². The lowest BCUT2D eigenvalue weighted by molar-refractivity contribution is 0.391. The van der Waals surface area contributed by atoms with E-state index in [0.717, 1.165) is 39.5 Å². The molecular formula is C21H21N5O2. The van der Waals surface area contributed by atoms with Gasteiger partial charge in [-0.3, -0.25) is 0 Å². The maximum absolute atomic E-state index is 5.47. The van der Waals surface area contributed by atoms with Crippen LogP contribution in [0.15, 0.2) is 48.8 Å². The Balaban J connectivity index is 1.64. The first kappa shape index (κ1) is 17.8. The molecule has 0 atom stereocenters. The van der Waals surface area contributed by atoms with E-state index in [9.17, 15) is 0 Å². The highest BCUT2D eigenvalue weighted by molar-refractivity contribution is 5.85. The lowest BCUT2D eigenvalue weighted by Crippen LogP contribution is -2.04. The molecule has 28 heavy (non-hydrogen) atoms. The molecule has 4 aromatic rings. The molecule has 4 rings (SSSR count). The van der Waals surface area contributed by atoms with Gasteiger partial charge in [-0.05, 0) is 24.6 Å². The van der Waals surface area contributed by atoms with E-state index in [1.54, 1.807) is 14.2 Å². The van der Waals surface area contributed by atoms with Crippen LogP contribution in [0.5, 0.6) is 11.5 Å². The zero-order valence-corrected chi connectivity index (χ0v) is 16.0. The van der Waals surface area contributed by atoms with Crippen molar-refractivity contribution >= 4 is 17.0 Å². The van der Waals surface area contributed by atoms with Gasteiger partial charge in [-0.1, -0.05) is 24.3 Å². The summed E-state index contributed by atoms with van der Waals surface area (Å²) in [6.07, 6.45) is 1.51. The molecule has 0 spiro atoms. The number of benzene rings is 2. The second-order valence-electron chi connectivity index (χ2n) is 6.35. The minimum Gasteiger partial charge on any atom is -0.497 e. The number of rotatable bonds is 6. The molecular weight excluding hydrogens is 354 g/mol. The topological polar surface area (TPSA) is 85.0 Å². The smallest absolute Gasteiger partial charge is 0.183 e. The molecule has 2 aromatic heterocycles. The van der Waals surface area contributed by atoms with Crippen LogP contribution < -0.4 is 14.8 Å². The monoisotopic (exact) mass is 375 g/mol. The molecule has 0 aliphatic rings. The van der Waals surface area contributed by atoms with Crippen LogP contribution in [0.2, 0.25) is 0 Å². The summed E-state index contributed by atoms with van der Waals surface area (Å²) in [6, 6.07) is 13.8. The van der Waals surface area contributed by atoms with Crippen molar-refractivity contribution in [3.8, 4) is 22.9 Å². The van der Waals surface area contributed by atoms with E-state index >= 15 is 0 Å². The fourth-order valence-electron chi connectivity index (χ4n) is 3.11. The Morgan fingerprint density at radius 1 is 1.04 bits per heavy atom. The van der Waals surface area contributed by atoms with Gasteiger partial charge in [-0.25, -0.2) is 15.0 Å². The lowest BCUT2D eigenvalue weighted by Gasteiger charge is -2.11. The van der Waals surface area contributed by atoms with Crippen LogP contribution >= 0.6 is 0 Å². The summed E-state index contributed by atoms with van der Waals surface area (Å²) in [5.41, 5.74) is 4.58. The molecule has 0 amide bonds. The molecule has 0 aliphatic heterocycles. The number of hydrogen-bond acceptors (Lipinski definition) is 6. The quantitative estimate of drug-likeness (QED) is 0.531. The third-order valence-corrected chi connectivity index (χ3v) is 4.63. The minimum atomic E-state index is 0.540. The van der Waals surface area contributed by atoms with Crippen molar-refractivity contribution in [3.05, 3.63) is 59.9 Å². The lowest BCUT2D eigenvalue weighted by atomic mass is 10.1. The van der Waals surface area contributed by atoms with E-state index in [1.165, 1.54) is 6.33 Å². The average molecular weight is 375 g/mol. The molecule has 0 fully saturated rings. The van der Waals surface area contributed by atoms with Gasteiger partial charge in [0.25, 0.3) is 0 Å². The molecule has 7 heteroatoms. The van der Waals surface area contributed by atoms with Gasteiger partial charge >= 0.3 is 0 Å². The number of fused-ring (bicyclic) bond motifs is 1. The van der Waals surface area contributed by atoms with Crippen molar-refractivity contribution < 1.29 is 9.47 Å². The van der Waals surface area contributed by atoms with Gasteiger partial charge in [-0.2, -0.15) is 0 Å². The highest BCUT2D eigenvalue weighted by atomic mass is 16.5. The molecule has 2 N–H and O–H groups in total. The van der Waals surface area contributed by atoms with E-state index < -0.39 is 0 Å². The fourth-order valence-corrected chi connectivity index (χ4v) is 3.11. The van der Waals surface area contributed by atoms with Crippen molar-refractivity contribution in [2.45, 2.75) is 13.5 Å². The summed E-state index contributed by atoms with van der Waals surface area (Å²) in [6.45, 7) is 2.60. The number of nitrogens with one attached hydrogen (secondary N) is 2. The number of H-pyrrole nitrogens is 1. The first-order valence-electron chi connectivity index (χ1n) is 8.91. The van der Waals surface area contributed by atoms with Crippen LogP contribution in [0.3, 0.4) is 0 Å². The summed E-state index contributed by atoms with van der Waals surface area (Å²) in [7, 11) is 3.28. The number of aromatic nitrogens is 4. The molecule has 0 aliphatic carbocycles. The predicted octanol–water partition coefficient (Wildman–Crippen LogP) is 3.96. The second kappa shape index (κ2) is 7.56. The number of ether oxygens (including phenoxy) is 2. The first-order valence-corrected chi connectivity index (χ1v) is 8.91. The Bertz CT molecular complexity index is 1120. The Hall–Kier alpha value is -3.61. The zero-order chi connectivity index (χ0) is 19.5. The number of aryl methyl sites for hydroxylation is 1. The van der Waals surface area contributed by atoms with Crippen molar-refractivity contribution in [1.29, 1.82) is 0 Å². The van der Waals surface area contributed by atoms with E-state index in [1.807, 2.05) is 36.4 Å². The van der Waals surface area contributed by atoms with Crippen LogP contribution in [0, 0.1) is 6.92 Å². The minimum absolute atomic E-state index is 0.540. The highest BCUT2D eigenvalue weighted by Gasteiger charge is 2.13. The van der Waals surface area contributed by atoms with Crippen LogP contribution in [-0.4, -0.2) is 34.2 Å². The number of nitrogens with zero attached hydrogens (tertiary/aromatic N) is 3. The summed E-state index contributed by atoms with van der Waals surface area (Å²) in [5.74, 6) is 2.97. The SMILES string of the molecule is COc1ccc(CNc2ncnc3nc(-c4ccccc4C)[nH]c23)c(OC)c1. The normalized spacial score (nSPS) is 10.8. The molecule has 0 radical (unpaired) electrons. The zero-order valence-electron chi connectivity index (χ0n) is 16.0. The molecule has 0 saturated heterocycles. The van der Waals surface area contributed by atoms with E-state index in [0.29, 0.717) is 18.0 Å². The third kappa shape index (κ3) is 3.34. The molecule has 7 nitrogen and oxygen atoms in total. The van der Waals surface area contributed by atoms with Gasteiger partial charge in [0, 0.05) is 23.7 Å². The number of imidazole rings is 1. The standard InChI is InChI=1S/C21H21N5O2/c1-13-6-4-5-7-16(13)19-25-18-20(23-12-24-21(18)26-19)22-11-14-8-9-15(27-2)10-17(14)28-3/h4-10,12H,11H2,1-3H3,(H2,22,23,24,25,26). The van der Waals surface area contributed by atoms with E-state index in [-0.39, 0.29) is 0 Å². The number of aromatic amines is 1. The van der Waals surface area contributed by atoms with Crippen molar-refractivity contribution in [2.24, 2.45) is 0 Å². The average Bonchev–Trinajstić information content (AvgIpc) is 3.17. The van der Waals surface area contributed by atoms with Crippen LogP contribution in [-0.2, 0) is 6.54 Å². The summed E-state index contributed by atoms with van der Waals surface area (Å²) in [5, 5.41) is 3.35. The molecule has 0 saturated carbocycles. The molecule has 2 heterocycles. The first-order chi connectivity index (χ1) is 13.7. The molecule has 142 valence electrons. The van der Waals surface area contributed by atoms with Crippen LogP contribution in [0.1, 0.15) is 11.1 Å². The maximum atomic E-state index is 5.47.